The van der Waals surface area contributed by atoms with Gasteiger partial charge in [0.15, 0.2) is 0 Å². The summed E-state index contributed by atoms with van der Waals surface area (Å²) < 4.78 is 5.60. The zero-order valence-electron chi connectivity index (χ0n) is 11.0. The summed E-state index contributed by atoms with van der Waals surface area (Å²) in [6, 6.07) is 13.4. The number of rotatable bonds is 5. The summed E-state index contributed by atoms with van der Waals surface area (Å²) in [5, 5.41) is 8.80. The predicted octanol–water partition coefficient (Wildman–Crippen LogP) is 3.31. The first-order valence-corrected chi connectivity index (χ1v) is 6.14. The Labute approximate surface area is 116 Å². The van der Waals surface area contributed by atoms with Crippen LogP contribution in [0.25, 0.3) is 0 Å². The van der Waals surface area contributed by atoms with Crippen molar-refractivity contribution in [2.24, 2.45) is 0 Å². The number of carbonyl (C=O) groups is 2. The number of benzene rings is 2. The van der Waals surface area contributed by atoms with E-state index in [2.05, 4.69) is 0 Å². The van der Waals surface area contributed by atoms with Crippen LogP contribution < -0.4 is 4.74 Å². The summed E-state index contributed by atoms with van der Waals surface area (Å²) in [7, 11) is 0. The number of carboxylic acid groups (broad SMARTS) is 1. The molecule has 0 saturated heterocycles. The first-order chi connectivity index (χ1) is 9.54. The van der Waals surface area contributed by atoms with Crippen LogP contribution >= 0.6 is 0 Å². The van der Waals surface area contributed by atoms with Gasteiger partial charge in [0.05, 0.1) is 5.56 Å². The van der Waals surface area contributed by atoms with Gasteiger partial charge in [0, 0.05) is 6.42 Å². The molecule has 0 aliphatic carbocycles. The number of ketones is 1. The van der Waals surface area contributed by atoms with Crippen LogP contribution in [0.15, 0.2) is 48.5 Å². The zero-order chi connectivity index (χ0) is 14.5. The molecule has 2 aromatic rings. The Morgan fingerprint density at radius 3 is 1.90 bits per heavy atom. The van der Waals surface area contributed by atoms with Gasteiger partial charge >= 0.3 is 5.97 Å². The second-order valence-corrected chi connectivity index (χ2v) is 4.45. The van der Waals surface area contributed by atoms with Crippen molar-refractivity contribution >= 4 is 11.8 Å². The molecule has 0 fully saturated rings. The molecule has 1 N–H and O–H groups in total. The number of carboxylic acids is 1. The Bertz CT molecular complexity index is 612. The summed E-state index contributed by atoms with van der Waals surface area (Å²) in [6.07, 6.45) is 0.410. The third-order valence-corrected chi connectivity index (χ3v) is 2.71. The summed E-state index contributed by atoms with van der Waals surface area (Å²) in [5.41, 5.74) is 1.15. The Balaban J connectivity index is 2.06. The lowest BCUT2D eigenvalue weighted by Crippen LogP contribution is -1.96. The van der Waals surface area contributed by atoms with Gasteiger partial charge in [0.25, 0.3) is 0 Å². The highest BCUT2D eigenvalue weighted by atomic mass is 16.5. The molecule has 0 aliphatic rings. The predicted molar refractivity (Wildman–Crippen MR) is 74.3 cm³/mol. The molecule has 0 aromatic heterocycles. The molecule has 0 aliphatic heterocycles. The summed E-state index contributed by atoms with van der Waals surface area (Å²) >= 11 is 0. The van der Waals surface area contributed by atoms with Crippen molar-refractivity contribution in [3.63, 3.8) is 0 Å². The van der Waals surface area contributed by atoms with E-state index < -0.39 is 5.97 Å². The monoisotopic (exact) mass is 270 g/mol. The number of Topliss-reactive ketones (excluding diaryl/α,β-unsaturated/α-hetero) is 1. The third kappa shape index (κ3) is 3.68. The molecule has 0 unspecified atom stereocenters. The van der Waals surface area contributed by atoms with Crippen molar-refractivity contribution < 1.29 is 19.4 Å². The van der Waals surface area contributed by atoms with Gasteiger partial charge in [-0.2, -0.15) is 0 Å². The van der Waals surface area contributed by atoms with E-state index in [1.165, 1.54) is 12.1 Å². The third-order valence-electron chi connectivity index (χ3n) is 2.71. The Kier molecular flexibility index (Phi) is 4.15. The zero-order valence-corrected chi connectivity index (χ0v) is 11.0. The lowest BCUT2D eigenvalue weighted by atomic mass is 10.1. The van der Waals surface area contributed by atoms with Gasteiger partial charge in [-0.25, -0.2) is 4.79 Å². The minimum absolute atomic E-state index is 0.114. The van der Waals surface area contributed by atoms with Crippen molar-refractivity contribution in [2.45, 2.75) is 13.3 Å². The first kappa shape index (κ1) is 13.8. The van der Waals surface area contributed by atoms with E-state index in [0.29, 0.717) is 17.9 Å². The molecule has 0 amide bonds. The van der Waals surface area contributed by atoms with Gasteiger partial charge in [0.2, 0.25) is 0 Å². The molecule has 2 rings (SSSR count). The molecule has 2 aromatic carbocycles. The fourth-order valence-corrected chi connectivity index (χ4v) is 1.76. The van der Waals surface area contributed by atoms with Gasteiger partial charge in [-0.05, 0) is 48.9 Å². The molecule has 20 heavy (non-hydrogen) atoms. The van der Waals surface area contributed by atoms with E-state index >= 15 is 0 Å². The molecular weight excluding hydrogens is 256 g/mol. The van der Waals surface area contributed by atoms with Crippen molar-refractivity contribution in [3.05, 3.63) is 59.7 Å². The van der Waals surface area contributed by atoms with E-state index in [1.807, 2.05) is 12.1 Å². The van der Waals surface area contributed by atoms with Crippen molar-refractivity contribution in [3.8, 4) is 11.5 Å². The highest BCUT2D eigenvalue weighted by molar-refractivity contribution is 5.87. The fourth-order valence-electron chi connectivity index (χ4n) is 1.76. The highest BCUT2D eigenvalue weighted by Crippen LogP contribution is 2.22. The molecule has 0 atom stereocenters. The number of aromatic carboxylic acids is 1. The average Bonchev–Trinajstić information content (AvgIpc) is 2.41. The van der Waals surface area contributed by atoms with Crippen LogP contribution in [0.5, 0.6) is 11.5 Å². The smallest absolute Gasteiger partial charge is 0.335 e. The van der Waals surface area contributed by atoms with E-state index in [4.69, 9.17) is 9.84 Å². The molecule has 0 heterocycles. The second kappa shape index (κ2) is 6.02. The molecule has 102 valence electrons. The molecular formula is C16H14O4. The molecule has 4 heteroatoms. The molecule has 0 saturated carbocycles. The maximum absolute atomic E-state index is 11.0. The van der Waals surface area contributed by atoms with Crippen molar-refractivity contribution in [2.75, 3.05) is 0 Å². The molecule has 0 bridgehead atoms. The van der Waals surface area contributed by atoms with Crippen LogP contribution in [-0.4, -0.2) is 16.9 Å². The van der Waals surface area contributed by atoms with Gasteiger partial charge < -0.3 is 9.84 Å². The van der Waals surface area contributed by atoms with Gasteiger partial charge in [-0.15, -0.1) is 0 Å². The lowest BCUT2D eigenvalue weighted by Gasteiger charge is -2.06. The fraction of sp³-hybridized carbons (Fsp3) is 0.125. The van der Waals surface area contributed by atoms with Crippen LogP contribution in [0, 0.1) is 0 Å². The van der Waals surface area contributed by atoms with Crippen molar-refractivity contribution in [1.82, 2.24) is 0 Å². The van der Waals surface area contributed by atoms with Crippen molar-refractivity contribution in [1.29, 1.82) is 0 Å². The number of ether oxygens (including phenoxy) is 1. The minimum atomic E-state index is -0.967. The quantitative estimate of drug-likeness (QED) is 0.905. The Morgan fingerprint density at radius 1 is 0.950 bits per heavy atom. The number of hydrogen-bond acceptors (Lipinski definition) is 3. The van der Waals surface area contributed by atoms with Crippen LogP contribution in [-0.2, 0) is 11.2 Å². The van der Waals surface area contributed by atoms with Crippen LogP contribution in [0.2, 0.25) is 0 Å². The minimum Gasteiger partial charge on any atom is -0.478 e. The highest BCUT2D eigenvalue weighted by Gasteiger charge is 2.03. The van der Waals surface area contributed by atoms with E-state index in [-0.39, 0.29) is 11.3 Å². The maximum atomic E-state index is 11.0. The normalized spacial score (nSPS) is 10.1. The largest absolute Gasteiger partial charge is 0.478 e. The van der Waals surface area contributed by atoms with E-state index in [9.17, 15) is 9.59 Å². The van der Waals surface area contributed by atoms with Gasteiger partial charge in [-0.3, -0.25) is 4.79 Å². The van der Waals surface area contributed by atoms with Crippen LogP contribution in [0.3, 0.4) is 0 Å². The van der Waals surface area contributed by atoms with Crippen LogP contribution in [0.4, 0.5) is 0 Å². The summed E-state index contributed by atoms with van der Waals surface area (Å²) in [6.45, 7) is 1.55. The van der Waals surface area contributed by atoms with Gasteiger partial charge in [0.1, 0.15) is 17.3 Å². The van der Waals surface area contributed by atoms with E-state index in [0.717, 1.165) is 5.56 Å². The maximum Gasteiger partial charge on any atom is 0.335 e. The number of carbonyl (C=O) groups excluding carboxylic acids is 1. The summed E-state index contributed by atoms with van der Waals surface area (Å²) in [5.74, 6) is 0.350. The van der Waals surface area contributed by atoms with Crippen LogP contribution in [0.1, 0.15) is 22.8 Å². The molecule has 4 nitrogen and oxygen atoms in total. The Morgan fingerprint density at radius 2 is 1.45 bits per heavy atom. The standard InChI is InChI=1S/C16H14O4/c1-11(17)10-12-2-6-14(7-3-12)20-15-8-4-13(5-9-15)16(18)19/h2-9H,10H2,1H3,(H,18,19). The SMILES string of the molecule is CC(=O)Cc1ccc(Oc2ccc(C(=O)O)cc2)cc1. The topological polar surface area (TPSA) is 63.6 Å². The lowest BCUT2D eigenvalue weighted by molar-refractivity contribution is -0.116. The second-order valence-electron chi connectivity index (χ2n) is 4.45. The molecule has 0 spiro atoms. The number of hydrogen-bond donors (Lipinski definition) is 1. The Hall–Kier alpha value is -2.62. The first-order valence-electron chi connectivity index (χ1n) is 6.14. The van der Waals surface area contributed by atoms with Gasteiger partial charge in [-0.1, -0.05) is 12.1 Å². The molecule has 0 radical (unpaired) electrons. The summed E-state index contributed by atoms with van der Waals surface area (Å²) in [4.78, 5) is 21.7. The average molecular weight is 270 g/mol. The van der Waals surface area contributed by atoms with E-state index in [1.54, 1.807) is 31.2 Å².